The number of aliphatic hydroxyl groups excluding tert-OH is 1. The predicted octanol–water partition coefficient (Wildman–Crippen LogP) is 2.52. The molecule has 28 heavy (non-hydrogen) atoms. The average Bonchev–Trinajstić information content (AvgIpc) is 3.28. The minimum Gasteiger partial charge on any atom is -0.497 e. The van der Waals surface area contributed by atoms with E-state index in [4.69, 9.17) is 9.47 Å². The lowest BCUT2D eigenvalue weighted by Gasteiger charge is -2.17. The number of amides is 1. The van der Waals surface area contributed by atoms with Gasteiger partial charge in [0.05, 0.1) is 13.2 Å². The summed E-state index contributed by atoms with van der Waals surface area (Å²) in [4.78, 5) is 14.0. The number of carbonyl (C=O) groups excluding carboxylic acids is 1. The third kappa shape index (κ3) is 5.47. The van der Waals surface area contributed by atoms with E-state index in [-0.39, 0.29) is 12.5 Å². The minimum atomic E-state index is -0.639. The number of hydrogen-bond donors (Lipinski definition) is 2. The number of rotatable bonds is 9. The summed E-state index contributed by atoms with van der Waals surface area (Å²) in [5, 5.41) is 13.6. The van der Waals surface area contributed by atoms with Gasteiger partial charge in [0, 0.05) is 31.7 Å². The Balaban J connectivity index is 1.50. The van der Waals surface area contributed by atoms with E-state index >= 15 is 0 Å². The van der Waals surface area contributed by atoms with Crippen LogP contribution in [0.5, 0.6) is 11.5 Å². The van der Waals surface area contributed by atoms with E-state index in [0.717, 1.165) is 42.8 Å². The number of benzene rings is 2. The molecule has 0 aliphatic carbocycles. The molecule has 6 heteroatoms. The lowest BCUT2D eigenvalue weighted by atomic mass is 10.1. The van der Waals surface area contributed by atoms with Crippen LogP contribution in [0.25, 0.3) is 0 Å². The van der Waals surface area contributed by atoms with Gasteiger partial charge in [-0.15, -0.1) is 0 Å². The van der Waals surface area contributed by atoms with Crippen molar-refractivity contribution in [3.05, 3.63) is 59.7 Å². The lowest BCUT2D eigenvalue weighted by molar-refractivity contribution is -0.132. The molecule has 1 saturated heterocycles. The Hall–Kier alpha value is -2.57. The molecule has 1 fully saturated rings. The number of aliphatic hydroxyl groups is 1. The number of ether oxygens (including phenoxy) is 2. The maximum absolute atomic E-state index is 12.2. The van der Waals surface area contributed by atoms with Crippen molar-refractivity contribution in [2.75, 3.05) is 33.4 Å². The summed E-state index contributed by atoms with van der Waals surface area (Å²) in [7, 11) is 1.61. The molecule has 3 rings (SSSR count). The van der Waals surface area contributed by atoms with Crippen LogP contribution in [-0.4, -0.2) is 49.3 Å². The van der Waals surface area contributed by atoms with Crippen molar-refractivity contribution in [2.24, 2.45) is 0 Å². The summed E-state index contributed by atoms with van der Waals surface area (Å²) >= 11 is 0. The van der Waals surface area contributed by atoms with Gasteiger partial charge < -0.3 is 24.8 Å². The number of para-hydroxylation sites is 1. The largest absolute Gasteiger partial charge is 0.497 e. The summed E-state index contributed by atoms with van der Waals surface area (Å²) < 4.78 is 11.0. The summed E-state index contributed by atoms with van der Waals surface area (Å²) in [6.07, 6.45) is 1.50. The highest BCUT2D eigenvalue weighted by Gasteiger charge is 2.18. The van der Waals surface area contributed by atoms with E-state index in [2.05, 4.69) is 5.32 Å². The van der Waals surface area contributed by atoms with Gasteiger partial charge in [0.2, 0.25) is 0 Å². The number of methoxy groups -OCH3 is 1. The molecule has 0 saturated carbocycles. The fourth-order valence-corrected chi connectivity index (χ4v) is 3.30. The molecule has 1 atom stereocenters. The van der Waals surface area contributed by atoms with Gasteiger partial charge in [0.1, 0.15) is 11.5 Å². The molecule has 6 nitrogen and oxygen atoms in total. The second-order valence-corrected chi connectivity index (χ2v) is 6.91. The molecule has 2 N–H and O–H groups in total. The first-order chi connectivity index (χ1) is 13.7. The van der Waals surface area contributed by atoms with Gasteiger partial charge in [0.25, 0.3) is 5.91 Å². The second-order valence-electron chi connectivity index (χ2n) is 6.91. The van der Waals surface area contributed by atoms with Crippen LogP contribution < -0.4 is 14.8 Å². The molecular weight excluding hydrogens is 356 g/mol. The van der Waals surface area contributed by atoms with E-state index in [9.17, 15) is 9.90 Å². The summed E-state index contributed by atoms with van der Waals surface area (Å²) in [5.74, 6) is 1.45. The molecule has 150 valence electrons. The molecule has 2 aromatic rings. The SMILES string of the molecule is COc1cccc(C(O)CNCc2ccccc2OCC(=O)N2CCCC2)c1. The van der Waals surface area contributed by atoms with Gasteiger partial charge >= 0.3 is 0 Å². The molecule has 0 aromatic heterocycles. The van der Waals surface area contributed by atoms with Crippen LogP contribution >= 0.6 is 0 Å². The van der Waals surface area contributed by atoms with Crippen LogP contribution in [0, 0.1) is 0 Å². The van der Waals surface area contributed by atoms with Gasteiger partial charge in [-0.25, -0.2) is 0 Å². The predicted molar refractivity (Wildman–Crippen MR) is 107 cm³/mol. The highest BCUT2D eigenvalue weighted by molar-refractivity contribution is 5.78. The van der Waals surface area contributed by atoms with Gasteiger partial charge in [-0.2, -0.15) is 0 Å². The smallest absolute Gasteiger partial charge is 0.260 e. The van der Waals surface area contributed by atoms with E-state index < -0.39 is 6.10 Å². The number of carbonyl (C=O) groups is 1. The third-order valence-electron chi connectivity index (χ3n) is 4.91. The minimum absolute atomic E-state index is 0.0358. The molecule has 1 unspecified atom stereocenters. The molecular formula is C22H28N2O4. The van der Waals surface area contributed by atoms with Crippen molar-refractivity contribution < 1.29 is 19.4 Å². The molecule has 0 radical (unpaired) electrons. The van der Waals surface area contributed by atoms with Gasteiger partial charge in [-0.3, -0.25) is 4.79 Å². The number of nitrogens with zero attached hydrogens (tertiary/aromatic N) is 1. The Labute approximate surface area is 166 Å². The van der Waals surface area contributed by atoms with Crippen LogP contribution in [-0.2, 0) is 11.3 Å². The maximum atomic E-state index is 12.2. The number of hydrogen-bond acceptors (Lipinski definition) is 5. The van der Waals surface area contributed by atoms with Crippen molar-refractivity contribution in [3.8, 4) is 11.5 Å². The number of nitrogens with one attached hydrogen (secondary N) is 1. The molecule has 1 amide bonds. The third-order valence-corrected chi connectivity index (χ3v) is 4.91. The fraction of sp³-hybridized carbons (Fsp3) is 0.409. The van der Waals surface area contributed by atoms with E-state index in [1.807, 2.05) is 53.4 Å². The molecule has 2 aromatic carbocycles. The molecule has 1 aliphatic rings. The normalized spacial score (nSPS) is 14.7. The van der Waals surface area contributed by atoms with E-state index in [1.54, 1.807) is 7.11 Å². The van der Waals surface area contributed by atoms with Crippen molar-refractivity contribution in [3.63, 3.8) is 0 Å². The zero-order valence-electron chi connectivity index (χ0n) is 16.3. The Morgan fingerprint density at radius 3 is 2.75 bits per heavy atom. The summed E-state index contributed by atoms with van der Waals surface area (Å²) in [6.45, 7) is 2.65. The first-order valence-electron chi connectivity index (χ1n) is 9.68. The van der Waals surface area contributed by atoms with E-state index in [1.165, 1.54) is 0 Å². The van der Waals surface area contributed by atoms with Gasteiger partial charge in [0.15, 0.2) is 6.61 Å². The average molecular weight is 384 g/mol. The topological polar surface area (TPSA) is 71.0 Å². The first kappa shape index (κ1) is 20.2. The maximum Gasteiger partial charge on any atom is 0.260 e. The first-order valence-corrected chi connectivity index (χ1v) is 9.68. The van der Waals surface area contributed by atoms with E-state index in [0.29, 0.717) is 18.8 Å². The van der Waals surface area contributed by atoms with Crippen LogP contribution in [0.1, 0.15) is 30.1 Å². The molecule has 0 spiro atoms. The lowest BCUT2D eigenvalue weighted by Crippen LogP contribution is -2.32. The quantitative estimate of drug-likeness (QED) is 0.695. The van der Waals surface area contributed by atoms with Gasteiger partial charge in [-0.05, 0) is 36.6 Å². The Morgan fingerprint density at radius 2 is 1.96 bits per heavy atom. The highest BCUT2D eigenvalue weighted by Crippen LogP contribution is 2.20. The monoisotopic (exact) mass is 384 g/mol. The van der Waals surface area contributed by atoms with Crippen molar-refractivity contribution >= 4 is 5.91 Å². The van der Waals surface area contributed by atoms with Gasteiger partial charge in [-0.1, -0.05) is 30.3 Å². The second kappa shape index (κ2) is 10.1. The number of likely N-dealkylation sites (tertiary alicyclic amines) is 1. The van der Waals surface area contributed by atoms with Crippen molar-refractivity contribution in [1.29, 1.82) is 0 Å². The highest BCUT2D eigenvalue weighted by atomic mass is 16.5. The van der Waals surface area contributed by atoms with Crippen LogP contribution in [0.4, 0.5) is 0 Å². The van der Waals surface area contributed by atoms with Crippen molar-refractivity contribution in [1.82, 2.24) is 10.2 Å². The van der Waals surface area contributed by atoms with Crippen LogP contribution in [0.15, 0.2) is 48.5 Å². The molecule has 1 aliphatic heterocycles. The van der Waals surface area contributed by atoms with Crippen molar-refractivity contribution in [2.45, 2.75) is 25.5 Å². The zero-order chi connectivity index (χ0) is 19.8. The Bertz CT molecular complexity index is 775. The Morgan fingerprint density at radius 1 is 1.18 bits per heavy atom. The molecule has 1 heterocycles. The standard InChI is InChI=1S/C22H28N2O4/c1-27-19-9-6-8-17(13-19)20(25)15-23-14-18-7-2-3-10-21(18)28-16-22(26)24-11-4-5-12-24/h2-3,6-10,13,20,23,25H,4-5,11-12,14-16H2,1H3. The molecule has 0 bridgehead atoms. The Kier molecular flexibility index (Phi) is 7.28. The summed E-state index contributed by atoms with van der Waals surface area (Å²) in [5.41, 5.74) is 1.75. The zero-order valence-corrected chi connectivity index (χ0v) is 16.3. The van der Waals surface area contributed by atoms with Crippen LogP contribution in [0.2, 0.25) is 0 Å². The fourth-order valence-electron chi connectivity index (χ4n) is 3.30. The summed E-state index contributed by atoms with van der Waals surface area (Å²) in [6, 6.07) is 15.1. The van der Waals surface area contributed by atoms with Crippen LogP contribution in [0.3, 0.4) is 0 Å².